The van der Waals surface area contributed by atoms with Crippen LogP contribution < -0.4 is 10.5 Å². The van der Waals surface area contributed by atoms with Crippen LogP contribution in [0.25, 0.3) is 0 Å². The molecule has 0 bridgehead atoms. The molecule has 0 aromatic heterocycles. The second kappa shape index (κ2) is 8.73. The van der Waals surface area contributed by atoms with Crippen molar-refractivity contribution < 1.29 is 17.9 Å². The molecule has 1 saturated heterocycles. The van der Waals surface area contributed by atoms with Gasteiger partial charge in [-0.25, -0.2) is 8.42 Å². The summed E-state index contributed by atoms with van der Waals surface area (Å²) in [5, 5.41) is 0.595. The zero-order valence-corrected chi connectivity index (χ0v) is 17.9. The van der Waals surface area contributed by atoms with Crippen molar-refractivity contribution in [1.29, 1.82) is 0 Å². The number of amides is 1. The first kappa shape index (κ1) is 21.6. The van der Waals surface area contributed by atoms with Crippen LogP contribution in [0.5, 0.6) is 5.75 Å². The SMILES string of the molecule is Cc1ccccc1S(=O)(=O)N1CCCC(COc2ccc(Cl)cc2)(CC(N)=O)C1. The summed E-state index contributed by atoms with van der Waals surface area (Å²) in [6.45, 7) is 2.55. The fourth-order valence-corrected chi connectivity index (χ4v) is 5.75. The van der Waals surface area contributed by atoms with Crippen LogP contribution in [0.2, 0.25) is 5.02 Å². The van der Waals surface area contributed by atoms with Gasteiger partial charge in [-0.15, -0.1) is 0 Å². The molecule has 1 aliphatic heterocycles. The number of rotatable bonds is 7. The summed E-state index contributed by atoms with van der Waals surface area (Å²) in [5.41, 5.74) is 5.52. The first-order chi connectivity index (χ1) is 13.7. The maximum absolute atomic E-state index is 13.2. The molecule has 0 spiro atoms. The van der Waals surface area contributed by atoms with Crippen LogP contribution in [0, 0.1) is 12.3 Å². The number of halogens is 1. The minimum Gasteiger partial charge on any atom is -0.493 e. The van der Waals surface area contributed by atoms with Gasteiger partial charge in [0, 0.05) is 29.9 Å². The van der Waals surface area contributed by atoms with Gasteiger partial charge in [0.05, 0.1) is 11.5 Å². The van der Waals surface area contributed by atoms with Gasteiger partial charge in [0.25, 0.3) is 0 Å². The van der Waals surface area contributed by atoms with Gasteiger partial charge in [0.1, 0.15) is 5.75 Å². The number of hydrogen-bond donors (Lipinski definition) is 1. The standard InChI is InChI=1S/C21H25ClN2O4S/c1-16-5-2-3-6-19(16)29(26,27)24-12-4-11-21(14-24,13-20(23)25)15-28-18-9-7-17(22)8-10-18/h2-3,5-10H,4,11-15H2,1H3,(H2,23,25). The topological polar surface area (TPSA) is 89.7 Å². The zero-order chi connectivity index (χ0) is 21.1. The second-order valence-electron chi connectivity index (χ2n) is 7.59. The van der Waals surface area contributed by atoms with Gasteiger partial charge >= 0.3 is 0 Å². The highest BCUT2D eigenvalue weighted by Gasteiger charge is 2.42. The Morgan fingerprint density at radius 1 is 1.21 bits per heavy atom. The monoisotopic (exact) mass is 436 g/mol. The van der Waals surface area contributed by atoms with E-state index < -0.39 is 21.3 Å². The van der Waals surface area contributed by atoms with Crippen LogP contribution in [0.3, 0.4) is 0 Å². The highest BCUT2D eigenvalue weighted by molar-refractivity contribution is 7.89. The molecule has 0 saturated carbocycles. The Morgan fingerprint density at radius 2 is 1.90 bits per heavy atom. The maximum Gasteiger partial charge on any atom is 0.243 e. The van der Waals surface area contributed by atoms with E-state index in [2.05, 4.69) is 0 Å². The average Bonchev–Trinajstić information content (AvgIpc) is 2.67. The molecule has 2 N–H and O–H groups in total. The van der Waals surface area contributed by atoms with Crippen molar-refractivity contribution in [2.45, 2.75) is 31.1 Å². The summed E-state index contributed by atoms with van der Waals surface area (Å²) < 4.78 is 33.9. The van der Waals surface area contributed by atoms with Crippen LogP contribution in [0.15, 0.2) is 53.4 Å². The van der Waals surface area contributed by atoms with Gasteiger partial charge in [-0.2, -0.15) is 4.31 Å². The molecule has 3 rings (SSSR count). The third-order valence-corrected chi connectivity index (χ3v) is 7.50. The van der Waals surface area contributed by atoms with Crippen LogP contribution >= 0.6 is 11.6 Å². The summed E-state index contributed by atoms with van der Waals surface area (Å²) in [5.74, 6) is 0.136. The largest absolute Gasteiger partial charge is 0.493 e. The van der Waals surface area contributed by atoms with Crippen molar-refractivity contribution >= 4 is 27.5 Å². The normalized spacial score (nSPS) is 20.3. The highest BCUT2D eigenvalue weighted by atomic mass is 35.5. The van der Waals surface area contributed by atoms with E-state index in [0.29, 0.717) is 35.7 Å². The maximum atomic E-state index is 13.2. The number of primary amides is 1. The molecule has 8 heteroatoms. The number of sulfonamides is 1. The summed E-state index contributed by atoms with van der Waals surface area (Å²) in [4.78, 5) is 12.1. The zero-order valence-electron chi connectivity index (χ0n) is 16.3. The highest BCUT2D eigenvalue weighted by Crippen LogP contribution is 2.37. The molecule has 1 atom stereocenters. The number of carbonyl (C=O) groups is 1. The quantitative estimate of drug-likeness (QED) is 0.720. The van der Waals surface area contributed by atoms with Crippen LogP contribution in [-0.4, -0.2) is 38.3 Å². The summed E-state index contributed by atoms with van der Waals surface area (Å²) in [6, 6.07) is 13.8. The van der Waals surface area contributed by atoms with Gasteiger partial charge in [-0.1, -0.05) is 29.8 Å². The lowest BCUT2D eigenvalue weighted by atomic mass is 9.78. The van der Waals surface area contributed by atoms with Crippen molar-refractivity contribution in [3.63, 3.8) is 0 Å². The Kier molecular flexibility index (Phi) is 6.51. The minimum atomic E-state index is -3.68. The molecular weight excluding hydrogens is 412 g/mol. The predicted octanol–water partition coefficient (Wildman–Crippen LogP) is 3.37. The molecule has 1 heterocycles. The number of nitrogens with zero attached hydrogens (tertiary/aromatic N) is 1. The van der Waals surface area contributed by atoms with E-state index in [1.807, 2.05) is 6.07 Å². The van der Waals surface area contributed by atoms with Crippen molar-refractivity contribution in [3.8, 4) is 5.75 Å². The fraction of sp³-hybridized carbons (Fsp3) is 0.381. The summed E-state index contributed by atoms with van der Waals surface area (Å²) >= 11 is 5.91. The molecule has 1 unspecified atom stereocenters. The molecule has 156 valence electrons. The van der Waals surface area contributed by atoms with Crippen molar-refractivity contribution in [3.05, 3.63) is 59.1 Å². The van der Waals surface area contributed by atoms with Gasteiger partial charge in [0.2, 0.25) is 15.9 Å². The Balaban J connectivity index is 1.84. The molecule has 0 radical (unpaired) electrons. The average molecular weight is 437 g/mol. The molecule has 29 heavy (non-hydrogen) atoms. The molecule has 2 aromatic rings. The molecule has 0 aliphatic carbocycles. The van der Waals surface area contributed by atoms with Crippen LogP contribution in [0.1, 0.15) is 24.8 Å². The Labute approximate surface area is 176 Å². The van der Waals surface area contributed by atoms with E-state index in [0.717, 1.165) is 0 Å². The van der Waals surface area contributed by atoms with Crippen molar-refractivity contribution in [2.24, 2.45) is 11.1 Å². The number of carbonyl (C=O) groups excluding carboxylic acids is 1. The Bertz CT molecular complexity index is 978. The lowest BCUT2D eigenvalue weighted by Gasteiger charge is -2.41. The van der Waals surface area contributed by atoms with E-state index in [-0.39, 0.29) is 24.5 Å². The van der Waals surface area contributed by atoms with Gasteiger partial charge in [0.15, 0.2) is 0 Å². The third-order valence-electron chi connectivity index (χ3n) is 5.25. The molecule has 1 fully saturated rings. The molecule has 1 aliphatic rings. The molecule has 1 amide bonds. The van der Waals surface area contributed by atoms with E-state index in [9.17, 15) is 13.2 Å². The lowest BCUT2D eigenvalue weighted by molar-refractivity contribution is -0.121. The van der Waals surface area contributed by atoms with Gasteiger partial charge < -0.3 is 10.5 Å². The number of ether oxygens (including phenoxy) is 1. The predicted molar refractivity (Wildman–Crippen MR) is 112 cm³/mol. The first-order valence-corrected chi connectivity index (χ1v) is 11.3. The minimum absolute atomic E-state index is 0.0559. The van der Waals surface area contributed by atoms with E-state index in [1.165, 1.54) is 4.31 Å². The van der Waals surface area contributed by atoms with Crippen LogP contribution in [0.4, 0.5) is 0 Å². The third kappa shape index (κ3) is 5.10. The Hall–Kier alpha value is -2.09. The van der Waals surface area contributed by atoms with Gasteiger partial charge in [-0.3, -0.25) is 4.79 Å². The van der Waals surface area contributed by atoms with E-state index in [1.54, 1.807) is 49.4 Å². The first-order valence-electron chi connectivity index (χ1n) is 9.44. The van der Waals surface area contributed by atoms with E-state index >= 15 is 0 Å². The number of benzene rings is 2. The molecule has 2 aromatic carbocycles. The van der Waals surface area contributed by atoms with E-state index in [4.69, 9.17) is 22.1 Å². The molecule has 6 nitrogen and oxygen atoms in total. The second-order valence-corrected chi connectivity index (χ2v) is 9.94. The van der Waals surface area contributed by atoms with Crippen molar-refractivity contribution in [2.75, 3.05) is 19.7 Å². The number of nitrogens with two attached hydrogens (primary N) is 1. The summed E-state index contributed by atoms with van der Waals surface area (Å²) in [7, 11) is -3.68. The summed E-state index contributed by atoms with van der Waals surface area (Å²) in [6.07, 6.45) is 1.34. The Morgan fingerprint density at radius 3 is 2.55 bits per heavy atom. The van der Waals surface area contributed by atoms with Crippen LogP contribution in [-0.2, 0) is 14.8 Å². The number of hydrogen-bond acceptors (Lipinski definition) is 4. The number of piperidine rings is 1. The fourth-order valence-electron chi connectivity index (χ4n) is 3.80. The molecular formula is C21H25ClN2O4S. The number of aryl methyl sites for hydroxylation is 1. The van der Waals surface area contributed by atoms with Crippen molar-refractivity contribution in [1.82, 2.24) is 4.31 Å². The smallest absolute Gasteiger partial charge is 0.243 e. The van der Waals surface area contributed by atoms with Gasteiger partial charge in [-0.05, 0) is 55.7 Å². The lowest BCUT2D eigenvalue weighted by Crippen LogP contribution is -2.50.